The molecule has 2 aliphatic rings. The molecule has 1 saturated carbocycles. The lowest BCUT2D eigenvalue weighted by atomic mass is 9.94. The van der Waals surface area contributed by atoms with E-state index in [1.807, 2.05) is 59.5 Å². The Balaban J connectivity index is 1.21. The second-order valence-electron chi connectivity index (χ2n) is 8.59. The van der Waals surface area contributed by atoms with Gasteiger partial charge in [-0.05, 0) is 37.1 Å². The van der Waals surface area contributed by atoms with Gasteiger partial charge in [0, 0.05) is 35.8 Å². The SMILES string of the molecule is O=C(Nc1ccc(-c2nc(-c3ccccc3)no2)cc1)[C@@H]1CC(=O)N(C2CCCCC2)C1. The first-order valence-electron chi connectivity index (χ1n) is 11.3. The number of rotatable bonds is 5. The number of amides is 2. The molecule has 3 aromatic rings. The van der Waals surface area contributed by atoms with E-state index in [9.17, 15) is 9.59 Å². The normalized spacial score (nSPS) is 19.3. The minimum absolute atomic E-state index is 0.103. The predicted molar refractivity (Wildman–Crippen MR) is 120 cm³/mol. The molecule has 32 heavy (non-hydrogen) atoms. The molecule has 1 N–H and O–H groups in total. The van der Waals surface area contributed by atoms with Gasteiger partial charge in [-0.25, -0.2) is 0 Å². The van der Waals surface area contributed by atoms with Crippen LogP contribution >= 0.6 is 0 Å². The van der Waals surface area contributed by atoms with Crippen molar-refractivity contribution < 1.29 is 14.1 Å². The van der Waals surface area contributed by atoms with Gasteiger partial charge in [-0.15, -0.1) is 0 Å². The Kier molecular flexibility index (Phi) is 5.71. The van der Waals surface area contributed by atoms with Crippen LogP contribution in [0.5, 0.6) is 0 Å². The van der Waals surface area contributed by atoms with Gasteiger partial charge in [-0.1, -0.05) is 54.8 Å². The standard InChI is InChI=1S/C25H26N4O3/c30-22-15-19(16-29(22)21-9-5-2-6-10-21)24(31)26-20-13-11-18(12-14-20)25-27-23(28-32-25)17-7-3-1-4-8-17/h1,3-4,7-8,11-14,19,21H,2,5-6,9-10,15-16H2,(H,26,31)/t19-/m1/s1. The molecule has 1 saturated heterocycles. The van der Waals surface area contributed by atoms with Crippen LogP contribution in [0.2, 0.25) is 0 Å². The van der Waals surface area contributed by atoms with Gasteiger partial charge in [0.2, 0.25) is 17.6 Å². The highest BCUT2D eigenvalue weighted by molar-refractivity contribution is 5.97. The predicted octanol–water partition coefficient (Wildman–Crippen LogP) is 4.52. The molecule has 5 rings (SSSR count). The molecule has 2 amide bonds. The Bertz CT molecular complexity index is 1090. The third-order valence-electron chi connectivity index (χ3n) is 6.40. The lowest BCUT2D eigenvalue weighted by Gasteiger charge is -2.31. The molecule has 1 aliphatic heterocycles. The van der Waals surface area contributed by atoms with E-state index in [1.54, 1.807) is 0 Å². The second kappa shape index (κ2) is 8.94. The minimum atomic E-state index is -0.298. The van der Waals surface area contributed by atoms with Crippen LogP contribution in [0.3, 0.4) is 0 Å². The van der Waals surface area contributed by atoms with Crippen molar-refractivity contribution in [2.24, 2.45) is 5.92 Å². The van der Waals surface area contributed by atoms with Crippen molar-refractivity contribution in [2.45, 2.75) is 44.6 Å². The highest BCUT2D eigenvalue weighted by Crippen LogP contribution is 2.29. The maximum Gasteiger partial charge on any atom is 0.258 e. The highest BCUT2D eigenvalue weighted by Gasteiger charge is 2.38. The topological polar surface area (TPSA) is 88.3 Å². The summed E-state index contributed by atoms with van der Waals surface area (Å²) in [6, 6.07) is 17.3. The van der Waals surface area contributed by atoms with Crippen LogP contribution in [0, 0.1) is 5.92 Å². The summed E-state index contributed by atoms with van der Waals surface area (Å²) in [4.78, 5) is 31.6. The number of hydrogen-bond donors (Lipinski definition) is 1. The summed E-state index contributed by atoms with van der Waals surface area (Å²) in [6.07, 6.45) is 6.00. The fourth-order valence-electron chi connectivity index (χ4n) is 4.64. The third-order valence-corrected chi connectivity index (χ3v) is 6.40. The zero-order valence-corrected chi connectivity index (χ0v) is 17.9. The lowest BCUT2D eigenvalue weighted by Crippen LogP contribution is -2.38. The monoisotopic (exact) mass is 430 g/mol. The van der Waals surface area contributed by atoms with E-state index in [1.165, 1.54) is 19.3 Å². The van der Waals surface area contributed by atoms with Gasteiger partial charge in [0.15, 0.2) is 0 Å². The van der Waals surface area contributed by atoms with E-state index in [2.05, 4.69) is 15.5 Å². The van der Waals surface area contributed by atoms with Gasteiger partial charge in [-0.3, -0.25) is 9.59 Å². The average Bonchev–Trinajstić information content (AvgIpc) is 3.48. The van der Waals surface area contributed by atoms with Crippen molar-refractivity contribution in [3.05, 3.63) is 54.6 Å². The number of hydrogen-bond acceptors (Lipinski definition) is 5. The Morgan fingerprint density at radius 2 is 1.72 bits per heavy atom. The summed E-state index contributed by atoms with van der Waals surface area (Å²) in [6.45, 7) is 0.525. The van der Waals surface area contributed by atoms with E-state index < -0.39 is 0 Å². The summed E-state index contributed by atoms with van der Waals surface area (Å²) in [7, 11) is 0. The first-order valence-corrected chi connectivity index (χ1v) is 11.3. The van der Waals surface area contributed by atoms with Crippen LogP contribution in [0.15, 0.2) is 59.1 Å². The van der Waals surface area contributed by atoms with Gasteiger partial charge < -0.3 is 14.7 Å². The van der Waals surface area contributed by atoms with Crippen molar-refractivity contribution in [1.29, 1.82) is 0 Å². The number of nitrogens with one attached hydrogen (secondary N) is 1. The van der Waals surface area contributed by atoms with Crippen LogP contribution in [-0.4, -0.2) is 39.4 Å². The maximum absolute atomic E-state index is 12.8. The Morgan fingerprint density at radius 1 is 0.969 bits per heavy atom. The van der Waals surface area contributed by atoms with Crippen LogP contribution in [-0.2, 0) is 9.59 Å². The van der Waals surface area contributed by atoms with Crippen molar-refractivity contribution in [1.82, 2.24) is 15.0 Å². The van der Waals surface area contributed by atoms with Crippen molar-refractivity contribution in [3.8, 4) is 22.8 Å². The van der Waals surface area contributed by atoms with Gasteiger partial charge in [0.05, 0.1) is 5.92 Å². The molecular weight excluding hydrogens is 404 g/mol. The van der Waals surface area contributed by atoms with E-state index in [0.717, 1.165) is 24.0 Å². The van der Waals surface area contributed by atoms with Gasteiger partial charge >= 0.3 is 0 Å². The zero-order valence-electron chi connectivity index (χ0n) is 17.9. The Hall–Kier alpha value is -3.48. The molecule has 0 bridgehead atoms. The first kappa shape index (κ1) is 20.4. The minimum Gasteiger partial charge on any atom is -0.339 e. The molecular formula is C25H26N4O3. The van der Waals surface area contributed by atoms with E-state index in [-0.39, 0.29) is 17.7 Å². The smallest absolute Gasteiger partial charge is 0.258 e. The molecule has 1 atom stereocenters. The van der Waals surface area contributed by atoms with Crippen LogP contribution in [0.1, 0.15) is 38.5 Å². The number of anilines is 1. The second-order valence-corrected chi connectivity index (χ2v) is 8.59. The number of likely N-dealkylation sites (tertiary alicyclic amines) is 1. The van der Waals surface area contributed by atoms with Crippen LogP contribution < -0.4 is 5.32 Å². The zero-order chi connectivity index (χ0) is 21.9. The number of nitrogens with zero attached hydrogens (tertiary/aromatic N) is 3. The van der Waals surface area contributed by atoms with E-state index >= 15 is 0 Å². The van der Waals surface area contributed by atoms with E-state index in [4.69, 9.17) is 4.52 Å². The summed E-state index contributed by atoms with van der Waals surface area (Å²) < 4.78 is 5.40. The number of carbonyl (C=O) groups excluding carboxylic acids is 2. The molecule has 1 aliphatic carbocycles. The highest BCUT2D eigenvalue weighted by atomic mass is 16.5. The average molecular weight is 431 g/mol. The molecule has 7 heteroatoms. The van der Waals surface area contributed by atoms with Gasteiger partial charge in [0.1, 0.15) is 0 Å². The molecule has 0 unspecified atom stereocenters. The molecule has 7 nitrogen and oxygen atoms in total. The third kappa shape index (κ3) is 4.28. The fraction of sp³-hybridized carbons (Fsp3) is 0.360. The maximum atomic E-state index is 12.8. The van der Waals surface area contributed by atoms with Gasteiger partial charge in [0.25, 0.3) is 5.89 Å². The molecule has 2 aromatic carbocycles. The molecule has 0 spiro atoms. The largest absolute Gasteiger partial charge is 0.339 e. The Labute approximate surface area is 186 Å². The van der Waals surface area contributed by atoms with E-state index in [0.29, 0.717) is 36.4 Å². The van der Waals surface area contributed by atoms with Crippen LogP contribution in [0.4, 0.5) is 5.69 Å². The summed E-state index contributed by atoms with van der Waals surface area (Å²) >= 11 is 0. The number of aromatic nitrogens is 2. The molecule has 1 aromatic heterocycles. The summed E-state index contributed by atoms with van der Waals surface area (Å²) in [5, 5.41) is 7.00. The number of benzene rings is 2. The molecule has 2 fully saturated rings. The first-order chi connectivity index (χ1) is 15.7. The van der Waals surface area contributed by atoms with Crippen LogP contribution in [0.25, 0.3) is 22.8 Å². The number of carbonyl (C=O) groups is 2. The fourth-order valence-corrected chi connectivity index (χ4v) is 4.64. The molecule has 0 radical (unpaired) electrons. The van der Waals surface area contributed by atoms with Crippen molar-refractivity contribution in [2.75, 3.05) is 11.9 Å². The Morgan fingerprint density at radius 3 is 2.47 bits per heavy atom. The quantitative estimate of drug-likeness (QED) is 0.643. The van der Waals surface area contributed by atoms with Gasteiger partial charge in [-0.2, -0.15) is 4.98 Å². The van der Waals surface area contributed by atoms with Crippen molar-refractivity contribution in [3.63, 3.8) is 0 Å². The summed E-state index contributed by atoms with van der Waals surface area (Å²) in [5.74, 6) is 0.665. The summed E-state index contributed by atoms with van der Waals surface area (Å²) in [5.41, 5.74) is 2.35. The lowest BCUT2D eigenvalue weighted by molar-refractivity contribution is -0.130. The molecule has 2 heterocycles. The molecule has 164 valence electrons. The van der Waals surface area contributed by atoms with Crippen molar-refractivity contribution >= 4 is 17.5 Å².